The van der Waals surface area contributed by atoms with Gasteiger partial charge in [0.05, 0.1) is 6.42 Å². The number of benzene rings is 2. The summed E-state index contributed by atoms with van der Waals surface area (Å²) in [5, 5.41) is 12.8. The minimum absolute atomic E-state index is 0.127. The van der Waals surface area contributed by atoms with Gasteiger partial charge in [0.1, 0.15) is 5.01 Å². The lowest BCUT2D eigenvalue weighted by Crippen LogP contribution is -2.14. The number of hydrogen-bond donors (Lipinski definition) is 1. The highest BCUT2D eigenvalue weighted by Gasteiger charge is 2.10. The van der Waals surface area contributed by atoms with Gasteiger partial charge in [-0.15, -0.1) is 10.2 Å². The number of carbonyl (C=O) groups is 1. The smallest absolute Gasteiger partial charge is 0.230 e. The number of amides is 1. The van der Waals surface area contributed by atoms with E-state index in [2.05, 4.69) is 15.5 Å². The van der Waals surface area contributed by atoms with Crippen LogP contribution in [0.25, 0.3) is 10.6 Å². The molecule has 0 unspecified atom stereocenters. The van der Waals surface area contributed by atoms with Crippen molar-refractivity contribution in [2.45, 2.75) is 6.42 Å². The third kappa shape index (κ3) is 3.69. The highest BCUT2D eigenvalue weighted by atomic mass is 35.5. The summed E-state index contributed by atoms with van der Waals surface area (Å²) < 4.78 is 0. The first-order chi connectivity index (χ1) is 10.7. The summed E-state index contributed by atoms with van der Waals surface area (Å²) in [5.41, 5.74) is 1.88. The number of hydrogen-bond acceptors (Lipinski definition) is 4. The number of nitrogens with one attached hydrogen (secondary N) is 1. The summed E-state index contributed by atoms with van der Waals surface area (Å²) in [6, 6.07) is 16.9. The van der Waals surface area contributed by atoms with E-state index in [9.17, 15) is 4.79 Å². The van der Waals surface area contributed by atoms with Crippen molar-refractivity contribution in [1.82, 2.24) is 10.2 Å². The second-order valence-electron chi connectivity index (χ2n) is 4.63. The predicted octanol–water partition coefficient (Wildman–Crippen LogP) is 4.04. The van der Waals surface area contributed by atoms with Gasteiger partial charge in [-0.2, -0.15) is 0 Å². The van der Waals surface area contributed by atoms with Crippen LogP contribution in [0.1, 0.15) is 5.56 Å². The van der Waals surface area contributed by atoms with Crippen LogP contribution in [-0.2, 0) is 11.2 Å². The van der Waals surface area contributed by atoms with E-state index in [1.807, 2.05) is 42.5 Å². The maximum Gasteiger partial charge on any atom is 0.230 e. The Kier molecular flexibility index (Phi) is 4.46. The third-order valence-electron chi connectivity index (χ3n) is 2.97. The predicted molar refractivity (Wildman–Crippen MR) is 89.1 cm³/mol. The fourth-order valence-electron chi connectivity index (χ4n) is 1.92. The first-order valence-corrected chi connectivity index (χ1v) is 7.83. The van der Waals surface area contributed by atoms with E-state index in [0.717, 1.165) is 16.1 Å². The maximum atomic E-state index is 12.0. The highest BCUT2D eigenvalue weighted by Crippen LogP contribution is 2.25. The van der Waals surface area contributed by atoms with Gasteiger partial charge in [-0.25, -0.2) is 0 Å². The van der Waals surface area contributed by atoms with Crippen molar-refractivity contribution >= 4 is 34.0 Å². The van der Waals surface area contributed by atoms with Crippen LogP contribution >= 0.6 is 22.9 Å². The summed E-state index contributed by atoms with van der Waals surface area (Å²) in [6.45, 7) is 0. The first-order valence-electron chi connectivity index (χ1n) is 6.64. The minimum Gasteiger partial charge on any atom is -0.300 e. The lowest BCUT2D eigenvalue weighted by Gasteiger charge is -2.01. The Hall–Kier alpha value is -2.24. The lowest BCUT2D eigenvalue weighted by molar-refractivity contribution is -0.115. The molecule has 0 bridgehead atoms. The Morgan fingerprint density at radius 3 is 2.50 bits per heavy atom. The molecule has 0 aliphatic rings. The number of aromatic nitrogens is 2. The van der Waals surface area contributed by atoms with Crippen LogP contribution < -0.4 is 5.32 Å². The second kappa shape index (κ2) is 6.68. The third-order valence-corrected chi connectivity index (χ3v) is 4.11. The van der Waals surface area contributed by atoms with Crippen LogP contribution in [0.15, 0.2) is 54.6 Å². The number of anilines is 1. The molecule has 4 nitrogen and oxygen atoms in total. The zero-order valence-electron chi connectivity index (χ0n) is 11.5. The molecule has 0 fully saturated rings. The molecule has 22 heavy (non-hydrogen) atoms. The molecule has 3 rings (SSSR count). The molecule has 1 heterocycles. The zero-order chi connectivity index (χ0) is 15.4. The molecule has 1 N–H and O–H groups in total. The van der Waals surface area contributed by atoms with Crippen LogP contribution in [0, 0.1) is 0 Å². The van der Waals surface area contributed by atoms with Gasteiger partial charge in [-0.1, -0.05) is 65.4 Å². The van der Waals surface area contributed by atoms with Crippen molar-refractivity contribution in [2.75, 3.05) is 5.32 Å². The molecule has 0 aliphatic carbocycles. The molecule has 0 saturated heterocycles. The average Bonchev–Trinajstić information content (AvgIpc) is 2.99. The molecule has 1 aromatic heterocycles. The number of halogens is 1. The lowest BCUT2D eigenvalue weighted by atomic mass is 10.1. The van der Waals surface area contributed by atoms with Gasteiger partial charge in [0.25, 0.3) is 0 Å². The van der Waals surface area contributed by atoms with Gasteiger partial charge in [-0.3, -0.25) is 4.79 Å². The van der Waals surface area contributed by atoms with Crippen LogP contribution in [0.3, 0.4) is 0 Å². The fraction of sp³-hybridized carbons (Fsp3) is 0.0625. The van der Waals surface area contributed by atoms with Crippen LogP contribution in [-0.4, -0.2) is 16.1 Å². The standard InChI is InChI=1S/C16H12ClN3OS/c17-13-8-6-11(7-9-13)10-14(21)18-16-20-19-15(22-16)12-4-2-1-3-5-12/h1-9H,10H2,(H,18,20,21). The maximum absolute atomic E-state index is 12.0. The minimum atomic E-state index is -0.127. The van der Waals surface area contributed by atoms with Gasteiger partial charge in [-0.05, 0) is 17.7 Å². The Labute approximate surface area is 136 Å². The number of nitrogens with zero attached hydrogens (tertiary/aromatic N) is 2. The Bertz CT molecular complexity index is 772. The van der Waals surface area contributed by atoms with E-state index < -0.39 is 0 Å². The van der Waals surface area contributed by atoms with E-state index in [4.69, 9.17) is 11.6 Å². The first kappa shape index (κ1) is 14.7. The number of carbonyl (C=O) groups excluding carboxylic acids is 1. The monoisotopic (exact) mass is 329 g/mol. The molecule has 3 aromatic rings. The molecule has 2 aromatic carbocycles. The average molecular weight is 330 g/mol. The summed E-state index contributed by atoms with van der Waals surface area (Å²) in [5.74, 6) is -0.127. The molecular formula is C16H12ClN3OS. The van der Waals surface area contributed by atoms with E-state index in [1.54, 1.807) is 12.1 Å². The Morgan fingerprint density at radius 1 is 1.05 bits per heavy atom. The summed E-state index contributed by atoms with van der Waals surface area (Å²) in [4.78, 5) is 12.0. The van der Waals surface area contributed by atoms with Gasteiger partial charge < -0.3 is 5.32 Å². The molecular weight excluding hydrogens is 318 g/mol. The summed E-state index contributed by atoms with van der Waals surface area (Å²) >= 11 is 7.17. The van der Waals surface area contributed by atoms with Crippen LogP contribution in [0.4, 0.5) is 5.13 Å². The fourth-order valence-corrected chi connectivity index (χ4v) is 2.81. The van der Waals surface area contributed by atoms with Crippen molar-refractivity contribution < 1.29 is 4.79 Å². The molecule has 1 amide bonds. The molecule has 0 atom stereocenters. The van der Waals surface area contributed by atoms with Crippen molar-refractivity contribution in [3.05, 3.63) is 65.2 Å². The van der Waals surface area contributed by atoms with Gasteiger partial charge in [0.2, 0.25) is 11.0 Å². The number of rotatable bonds is 4. The Morgan fingerprint density at radius 2 is 1.77 bits per heavy atom. The van der Waals surface area contributed by atoms with E-state index in [-0.39, 0.29) is 12.3 Å². The largest absolute Gasteiger partial charge is 0.300 e. The van der Waals surface area contributed by atoms with Crippen molar-refractivity contribution in [3.63, 3.8) is 0 Å². The normalized spacial score (nSPS) is 10.4. The quantitative estimate of drug-likeness (QED) is 0.786. The van der Waals surface area contributed by atoms with Crippen molar-refractivity contribution in [3.8, 4) is 10.6 Å². The van der Waals surface area contributed by atoms with Crippen LogP contribution in [0.2, 0.25) is 5.02 Å². The van der Waals surface area contributed by atoms with Crippen molar-refractivity contribution in [2.24, 2.45) is 0 Å². The second-order valence-corrected chi connectivity index (χ2v) is 6.04. The van der Waals surface area contributed by atoms with E-state index >= 15 is 0 Å². The molecule has 110 valence electrons. The highest BCUT2D eigenvalue weighted by molar-refractivity contribution is 7.18. The molecule has 6 heteroatoms. The van der Waals surface area contributed by atoms with Crippen molar-refractivity contribution in [1.29, 1.82) is 0 Å². The Balaban J connectivity index is 1.65. The molecule has 0 saturated carbocycles. The summed E-state index contributed by atoms with van der Waals surface area (Å²) in [6.07, 6.45) is 0.275. The topological polar surface area (TPSA) is 54.9 Å². The van der Waals surface area contributed by atoms with E-state index in [0.29, 0.717) is 10.2 Å². The molecule has 0 spiro atoms. The van der Waals surface area contributed by atoms with Gasteiger partial charge in [0, 0.05) is 10.6 Å². The SMILES string of the molecule is O=C(Cc1ccc(Cl)cc1)Nc1nnc(-c2ccccc2)s1. The zero-order valence-corrected chi connectivity index (χ0v) is 13.1. The summed E-state index contributed by atoms with van der Waals surface area (Å²) in [7, 11) is 0. The molecule has 0 radical (unpaired) electrons. The van der Waals surface area contributed by atoms with Gasteiger partial charge in [0.15, 0.2) is 0 Å². The van der Waals surface area contributed by atoms with Gasteiger partial charge >= 0.3 is 0 Å². The van der Waals surface area contributed by atoms with Crippen LogP contribution in [0.5, 0.6) is 0 Å². The van der Waals surface area contributed by atoms with E-state index in [1.165, 1.54) is 11.3 Å². The molecule has 0 aliphatic heterocycles.